The number of hydrogen-bond acceptors (Lipinski definition) is 5. The molecule has 8 nitrogen and oxygen atoms in total. The van der Waals surface area contributed by atoms with Crippen LogP contribution in [0.4, 0.5) is 17.6 Å². The first-order valence-electron chi connectivity index (χ1n) is 14.6. The Morgan fingerprint density at radius 1 is 1.07 bits per heavy atom. The maximum absolute atomic E-state index is 14.5. The summed E-state index contributed by atoms with van der Waals surface area (Å²) in [4.78, 5) is 18.7. The number of pyridine rings is 1. The lowest BCUT2D eigenvalue weighted by molar-refractivity contribution is -0.115. The van der Waals surface area contributed by atoms with E-state index in [1.807, 2.05) is 6.08 Å². The molecular weight excluding hydrogens is 608 g/mol. The van der Waals surface area contributed by atoms with Crippen LogP contribution in [0.1, 0.15) is 53.8 Å². The van der Waals surface area contributed by atoms with Gasteiger partial charge in [0.25, 0.3) is 5.92 Å². The van der Waals surface area contributed by atoms with Crippen LogP contribution in [0.2, 0.25) is 0 Å². The summed E-state index contributed by atoms with van der Waals surface area (Å²) in [6.07, 6.45) is 6.53. The third kappa shape index (κ3) is 5.02. The fourth-order valence-electron chi connectivity index (χ4n) is 7.12. The Morgan fingerprint density at radius 2 is 1.82 bits per heavy atom. The van der Waals surface area contributed by atoms with Gasteiger partial charge >= 0.3 is 0 Å². The zero-order valence-electron chi connectivity index (χ0n) is 24.4. The molecule has 2 saturated carbocycles. The molecule has 0 saturated heterocycles. The standard InChI is InChI=1S/C32H30F4N6O2S/c1-40-12-10-29(39-40)45(2,44)42(26-17-32(35,36)18-26)25-6-3-21-13-28-20(19-38-41(28)24-7-4-22(33)5-8-24)15-31(21,16-25)30(43)27-14-23(34)9-11-37-27/h4-5,7-14,19,25-26H,2-3,6,15-18H2,1H3/t25-,31-,45?/m0/s1. The second-order valence-corrected chi connectivity index (χ2v) is 14.3. The molecule has 0 bridgehead atoms. The van der Waals surface area contributed by atoms with Crippen molar-refractivity contribution in [3.63, 3.8) is 0 Å². The molecule has 13 heteroatoms. The molecular formula is C32H30F4N6O2S. The van der Waals surface area contributed by atoms with E-state index in [2.05, 4.69) is 21.1 Å². The van der Waals surface area contributed by atoms with Crippen molar-refractivity contribution in [2.75, 3.05) is 0 Å². The van der Waals surface area contributed by atoms with E-state index in [-0.39, 0.29) is 29.4 Å². The van der Waals surface area contributed by atoms with Crippen LogP contribution in [0.3, 0.4) is 0 Å². The molecule has 3 aliphatic carbocycles. The number of alkyl halides is 2. The molecule has 0 aliphatic heterocycles. The SMILES string of the molecule is C=S(=O)(c1ccn(C)n1)N(C1CC(F)(F)C1)[C@H]1CCC2=Cc3c(cnn3-c3ccc(F)cc3)C[C@]2(C(=O)c2cc(F)ccn2)C1. The van der Waals surface area contributed by atoms with Crippen molar-refractivity contribution < 1.29 is 26.6 Å². The summed E-state index contributed by atoms with van der Waals surface area (Å²) in [7, 11) is -1.66. The van der Waals surface area contributed by atoms with Crippen molar-refractivity contribution in [1.82, 2.24) is 28.9 Å². The molecule has 2 fully saturated rings. The minimum atomic E-state index is -3.33. The largest absolute Gasteiger partial charge is 0.291 e. The Labute approximate surface area is 257 Å². The number of nitrogens with zero attached hydrogens (tertiary/aromatic N) is 6. The van der Waals surface area contributed by atoms with E-state index in [4.69, 9.17) is 0 Å². The number of Topliss-reactive ketones (excluding diaryl/α,β-unsaturated/α-hetero) is 1. The van der Waals surface area contributed by atoms with E-state index in [9.17, 15) is 26.6 Å². The van der Waals surface area contributed by atoms with Gasteiger partial charge in [0, 0.05) is 50.4 Å². The van der Waals surface area contributed by atoms with Crippen LogP contribution in [0.15, 0.2) is 71.7 Å². The number of rotatable bonds is 7. The molecule has 0 spiro atoms. The molecule has 1 unspecified atom stereocenters. The Bertz CT molecular complexity index is 1940. The fraction of sp³-hybridized carbons (Fsp3) is 0.344. The second kappa shape index (κ2) is 10.5. The molecule has 3 aliphatic rings. The summed E-state index contributed by atoms with van der Waals surface area (Å²) in [5.41, 5.74) is 1.57. The third-order valence-corrected chi connectivity index (χ3v) is 11.4. The highest BCUT2D eigenvalue weighted by Gasteiger charge is 2.56. The summed E-state index contributed by atoms with van der Waals surface area (Å²) >= 11 is 0. The van der Waals surface area contributed by atoms with Crippen molar-refractivity contribution in [1.29, 1.82) is 0 Å². The van der Waals surface area contributed by atoms with Crippen LogP contribution in [-0.4, -0.2) is 62.7 Å². The highest BCUT2D eigenvalue weighted by molar-refractivity contribution is 7.98. The Balaban J connectivity index is 1.33. The van der Waals surface area contributed by atoms with Gasteiger partial charge in [0.15, 0.2) is 10.8 Å². The Morgan fingerprint density at radius 3 is 2.49 bits per heavy atom. The van der Waals surface area contributed by atoms with Gasteiger partial charge in [0.1, 0.15) is 17.3 Å². The molecule has 3 atom stereocenters. The quantitative estimate of drug-likeness (QED) is 0.153. The van der Waals surface area contributed by atoms with Crippen molar-refractivity contribution in [2.24, 2.45) is 12.5 Å². The van der Waals surface area contributed by atoms with Gasteiger partial charge in [-0.3, -0.25) is 14.5 Å². The van der Waals surface area contributed by atoms with Gasteiger partial charge in [-0.15, -0.1) is 0 Å². The zero-order chi connectivity index (χ0) is 31.7. The maximum Gasteiger partial charge on any atom is 0.251 e. The first kappa shape index (κ1) is 29.6. The smallest absolute Gasteiger partial charge is 0.251 e. The van der Waals surface area contributed by atoms with Crippen molar-refractivity contribution in [3.05, 3.63) is 95.2 Å². The van der Waals surface area contributed by atoms with Crippen LogP contribution in [0.5, 0.6) is 0 Å². The van der Waals surface area contributed by atoms with E-state index < -0.39 is 57.6 Å². The topological polar surface area (TPSA) is 85.9 Å². The van der Waals surface area contributed by atoms with E-state index >= 15 is 0 Å². The molecule has 45 heavy (non-hydrogen) atoms. The van der Waals surface area contributed by atoms with E-state index in [0.29, 0.717) is 18.5 Å². The number of halogens is 4. The lowest BCUT2D eigenvalue weighted by Crippen LogP contribution is -2.59. The van der Waals surface area contributed by atoms with Gasteiger partial charge in [0.05, 0.1) is 32.7 Å². The van der Waals surface area contributed by atoms with Gasteiger partial charge in [-0.25, -0.2) is 30.8 Å². The lowest BCUT2D eigenvalue weighted by Gasteiger charge is -2.51. The summed E-state index contributed by atoms with van der Waals surface area (Å²) in [6.45, 7) is 0. The van der Waals surface area contributed by atoms with Crippen LogP contribution in [-0.2, 0) is 23.2 Å². The minimum absolute atomic E-state index is 0.0577. The first-order valence-corrected chi connectivity index (χ1v) is 16.3. The first-order chi connectivity index (χ1) is 21.4. The molecule has 3 aromatic heterocycles. The molecule has 0 amide bonds. The Kier molecular flexibility index (Phi) is 6.89. The molecule has 0 N–H and O–H groups in total. The molecule has 7 rings (SSSR count). The molecule has 3 heterocycles. The van der Waals surface area contributed by atoms with Gasteiger partial charge in [0.2, 0.25) is 0 Å². The summed E-state index contributed by atoms with van der Waals surface area (Å²) < 4.78 is 75.8. The summed E-state index contributed by atoms with van der Waals surface area (Å²) in [5.74, 6) is -0.270. The van der Waals surface area contributed by atoms with Crippen molar-refractivity contribution in [2.45, 2.75) is 61.6 Å². The van der Waals surface area contributed by atoms with Gasteiger partial charge in [-0.2, -0.15) is 10.2 Å². The molecule has 0 radical (unpaired) electrons. The highest BCUT2D eigenvalue weighted by Crippen LogP contribution is 2.53. The van der Waals surface area contributed by atoms with E-state index in [1.165, 1.54) is 23.0 Å². The number of aromatic nitrogens is 5. The molecule has 4 aromatic rings. The molecule has 234 valence electrons. The number of carbonyl (C=O) groups excluding carboxylic acids is 1. The fourth-order valence-corrected chi connectivity index (χ4v) is 9.16. The van der Waals surface area contributed by atoms with Crippen molar-refractivity contribution in [3.8, 4) is 5.69 Å². The number of aryl methyl sites for hydroxylation is 1. The molecule has 1 aromatic carbocycles. The Hall–Kier alpha value is -4.10. The van der Waals surface area contributed by atoms with Crippen LogP contribution < -0.4 is 0 Å². The summed E-state index contributed by atoms with van der Waals surface area (Å²) in [5, 5.41) is 9.04. The monoisotopic (exact) mass is 638 g/mol. The number of fused-ring (bicyclic) bond motifs is 2. The van der Waals surface area contributed by atoms with Crippen molar-refractivity contribution >= 4 is 27.4 Å². The number of hydrogen-bond donors (Lipinski definition) is 0. The number of benzene rings is 1. The average Bonchev–Trinajstić information content (AvgIpc) is 3.61. The predicted molar refractivity (Wildman–Crippen MR) is 160 cm³/mol. The zero-order valence-corrected chi connectivity index (χ0v) is 25.2. The van der Waals surface area contributed by atoms with E-state index in [0.717, 1.165) is 29.0 Å². The second-order valence-electron chi connectivity index (χ2n) is 12.2. The van der Waals surface area contributed by atoms with Gasteiger partial charge in [-0.05, 0) is 79.6 Å². The number of allylic oxidation sites excluding steroid dienone is 1. The highest BCUT2D eigenvalue weighted by atomic mass is 32.2. The van der Waals surface area contributed by atoms with Gasteiger partial charge in [-0.1, -0.05) is 5.57 Å². The normalized spacial score (nSPS) is 23.9. The average molecular weight is 639 g/mol. The maximum atomic E-state index is 14.5. The van der Waals surface area contributed by atoms with Crippen LogP contribution in [0.25, 0.3) is 11.8 Å². The van der Waals surface area contributed by atoms with Gasteiger partial charge < -0.3 is 0 Å². The number of ketones is 1. The third-order valence-electron chi connectivity index (χ3n) is 9.24. The summed E-state index contributed by atoms with van der Waals surface area (Å²) in [6, 6.07) is 8.40. The number of carbonyl (C=O) groups is 1. The predicted octanol–water partition coefficient (Wildman–Crippen LogP) is 5.43. The lowest BCUT2D eigenvalue weighted by atomic mass is 9.60. The minimum Gasteiger partial charge on any atom is -0.291 e. The van der Waals surface area contributed by atoms with Crippen LogP contribution in [0, 0.1) is 17.0 Å². The van der Waals surface area contributed by atoms with E-state index in [1.54, 1.807) is 46.6 Å². The van der Waals surface area contributed by atoms with Crippen LogP contribution >= 0.6 is 0 Å².